The van der Waals surface area contributed by atoms with Crippen LogP contribution >= 0.6 is 0 Å². The quantitative estimate of drug-likeness (QED) is 0.560. The highest BCUT2D eigenvalue weighted by molar-refractivity contribution is 5.73. The number of aryl methyl sites for hydroxylation is 1. The lowest BCUT2D eigenvalue weighted by molar-refractivity contribution is -0.105. The molecular weight excluding hydrogens is 312 g/mol. The molecule has 0 saturated carbocycles. The van der Waals surface area contributed by atoms with Gasteiger partial charge in [0.2, 0.25) is 0 Å². The molecule has 1 saturated heterocycles. The van der Waals surface area contributed by atoms with E-state index in [0.29, 0.717) is 5.92 Å². The van der Waals surface area contributed by atoms with Gasteiger partial charge >= 0.3 is 0 Å². The monoisotopic (exact) mass is 341 g/mol. The summed E-state index contributed by atoms with van der Waals surface area (Å²) in [6, 6.07) is 8.69. The number of hydrogen-bond donors (Lipinski definition) is 4. The van der Waals surface area contributed by atoms with Gasteiger partial charge in [0.25, 0.3) is 0 Å². The molecule has 2 aliphatic rings. The van der Waals surface area contributed by atoms with Gasteiger partial charge in [-0.2, -0.15) is 0 Å². The van der Waals surface area contributed by atoms with Crippen LogP contribution in [0.3, 0.4) is 0 Å². The van der Waals surface area contributed by atoms with E-state index in [1.165, 1.54) is 5.56 Å². The van der Waals surface area contributed by atoms with E-state index in [9.17, 15) is 0 Å². The van der Waals surface area contributed by atoms with Crippen LogP contribution in [0.15, 0.2) is 47.9 Å². The molecule has 3 rings (SSSR count). The summed E-state index contributed by atoms with van der Waals surface area (Å²) < 4.78 is 0. The first-order valence-electron chi connectivity index (χ1n) is 8.89. The smallest absolute Gasteiger partial charge is 0.166 e. The van der Waals surface area contributed by atoms with E-state index in [0.717, 1.165) is 49.6 Å². The number of hydrazine groups is 1. The molecule has 2 aliphatic heterocycles. The Morgan fingerprint density at radius 3 is 2.56 bits per heavy atom. The number of nitrogens with zero attached hydrogens (tertiary/aromatic N) is 2. The summed E-state index contributed by atoms with van der Waals surface area (Å²) in [5.74, 6) is 1.36. The van der Waals surface area contributed by atoms with Gasteiger partial charge in [-0.1, -0.05) is 17.7 Å². The first kappa shape index (κ1) is 17.5. The Bertz CT molecular complexity index is 655. The largest absolute Gasteiger partial charge is 0.404 e. The number of hydrogen-bond acceptors (Lipinski definition) is 5. The van der Waals surface area contributed by atoms with Crippen LogP contribution in [-0.2, 0) is 0 Å². The Balaban J connectivity index is 1.56. The molecule has 2 heterocycles. The zero-order valence-electron chi connectivity index (χ0n) is 14.9. The van der Waals surface area contributed by atoms with Crippen molar-refractivity contribution in [1.82, 2.24) is 10.3 Å². The number of rotatable bonds is 5. The third-order valence-corrected chi connectivity index (χ3v) is 5.15. The topological polar surface area (TPSA) is 96.1 Å². The fourth-order valence-corrected chi connectivity index (χ4v) is 3.57. The van der Waals surface area contributed by atoms with Gasteiger partial charge in [-0.25, -0.2) is 5.43 Å². The normalized spacial score (nSPS) is 22.9. The van der Waals surface area contributed by atoms with Gasteiger partial charge < -0.3 is 11.5 Å². The third-order valence-electron chi connectivity index (χ3n) is 5.15. The van der Waals surface area contributed by atoms with Crippen LogP contribution in [0.1, 0.15) is 18.4 Å². The molecule has 1 aromatic rings. The zero-order valence-corrected chi connectivity index (χ0v) is 14.9. The molecule has 1 aromatic carbocycles. The molecule has 0 radical (unpaired) electrons. The Morgan fingerprint density at radius 2 is 1.96 bits per heavy atom. The van der Waals surface area contributed by atoms with Gasteiger partial charge in [-0.15, -0.1) is 0 Å². The molecule has 7 N–H and O–H groups in total. The Hall–Kier alpha value is -2.31. The summed E-state index contributed by atoms with van der Waals surface area (Å²) in [6.45, 7) is 5.01. The highest BCUT2D eigenvalue weighted by Gasteiger charge is 2.31. The second-order valence-corrected chi connectivity index (χ2v) is 6.94. The van der Waals surface area contributed by atoms with Crippen molar-refractivity contribution >= 4 is 11.9 Å². The standard InChI is InChI=1S/C19H28N6/c1-14-2-4-17(5-3-14)25-19(22)10-18(23-25)16-6-8-24(9-7-16)13-15(11-20)12-21/h2-5,10-12,16,18,20,23H,6-9,13,21-22H2,1H3/p+1/b15-12+,20-11?. The van der Waals surface area contributed by atoms with Crippen LogP contribution in [0.25, 0.3) is 0 Å². The van der Waals surface area contributed by atoms with Crippen molar-refractivity contribution in [3.63, 3.8) is 0 Å². The molecule has 6 heteroatoms. The molecule has 25 heavy (non-hydrogen) atoms. The Kier molecular flexibility index (Phi) is 5.40. The number of anilines is 1. The first-order chi connectivity index (χ1) is 12.1. The molecule has 1 unspecified atom stereocenters. The summed E-state index contributed by atoms with van der Waals surface area (Å²) in [5, 5.41) is 7.58. The maximum absolute atomic E-state index is 6.25. The zero-order chi connectivity index (χ0) is 17.8. The molecule has 0 bridgehead atoms. The average Bonchev–Trinajstić information content (AvgIpc) is 3.02. The first-order valence-corrected chi connectivity index (χ1v) is 8.89. The van der Waals surface area contributed by atoms with Crippen molar-refractivity contribution in [1.29, 1.82) is 0 Å². The number of nitrogens with two attached hydrogens (primary N) is 3. The van der Waals surface area contributed by atoms with Crippen LogP contribution < -0.4 is 27.3 Å². The number of likely N-dealkylation sites (tertiary alicyclic amines) is 1. The van der Waals surface area contributed by atoms with E-state index in [1.807, 2.05) is 5.01 Å². The molecule has 0 aliphatic carbocycles. The van der Waals surface area contributed by atoms with Crippen molar-refractivity contribution in [2.24, 2.45) is 17.4 Å². The third kappa shape index (κ3) is 4.03. The van der Waals surface area contributed by atoms with Gasteiger partial charge in [0.15, 0.2) is 6.21 Å². The minimum absolute atomic E-state index is 0.286. The maximum Gasteiger partial charge on any atom is 0.166 e. The second-order valence-electron chi connectivity index (χ2n) is 6.94. The van der Waals surface area contributed by atoms with Gasteiger partial charge in [0.05, 0.1) is 11.7 Å². The predicted octanol–water partition coefficient (Wildman–Crippen LogP) is -0.127. The molecule has 0 amide bonds. The van der Waals surface area contributed by atoms with Crippen LogP contribution in [0.2, 0.25) is 0 Å². The lowest BCUT2D eigenvalue weighted by atomic mass is 9.89. The summed E-state index contributed by atoms with van der Waals surface area (Å²) in [6.07, 6.45) is 7.59. The van der Waals surface area contributed by atoms with Crippen molar-refractivity contribution in [3.05, 3.63) is 53.5 Å². The minimum Gasteiger partial charge on any atom is -0.404 e. The summed E-state index contributed by atoms with van der Waals surface area (Å²) in [5.41, 5.74) is 18.7. The molecular formula is C19H29N6+. The molecule has 1 fully saturated rings. The summed E-state index contributed by atoms with van der Waals surface area (Å²) in [7, 11) is 0. The number of nitrogens with one attached hydrogen (secondary N) is 1. The van der Waals surface area contributed by atoms with E-state index in [1.54, 1.807) is 12.4 Å². The fraction of sp³-hybridized carbons (Fsp3) is 0.421. The highest BCUT2D eigenvalue weighted by atomic mass is 15.6. The van der Waals surface area contributed by atoms with Crippen molar-refractivity contribution in [2.45, 2.75) is 25.8 Å². The highest BCUT2D eigenvalue weighted by Crippen LogP contribution is 2.28. The van der Waals surface area contributed by atoms with Crippen molar-refractivity contribution in [2.75, 3.05) is 24.6 Å². The summed E-state index contributed by atoms with van der Waals surface area (Å²) in [4.78, 5) is 2.40. The average molecular weight is 341 g/mol. The summed E-state index contributed by atoms with van der Waals surface area (Å²) >= 11 is 0. The van der Waals surface area contributed by atoms with Crippen LogP contribution in [-0.4, -0.2) is 36.8 Å². The fourth-order valence-electron chi connectivity index (χ4n) is 3.57. The van der Waals surface area contributed by atoms with E-state index in [2.05, 4.69) is 47.6 Å². The number of benzene rings is 1. The predicted molar refractivity (Wildman–Crippen MR) is 102 cm³/mol. The molecule has 6 nitrogen and oxygen atoms in total. The maximum atomic E-state index is 6.25. The van der Waals surface area contributed by atoms with Crippen LogP contribution in [0, 0.1) is 12.8 Å². The lowest BCUT2D eigenvalue weighted by Gasteiger charge is -2.34. The van der Waals surface area contributed by atoms with Gasteiger partial charge in [-0.05, 0) is 57.0 Å². The van der Waals surface area contributed by atoms with E-state index >= 15 is 0 Å². The molecule has 0 aromatic heterocycles. The van der Waals surface area contributed by atoms with Crippen molar-refractivity contribution in [3.8, 4) is 0 Å². The SMILES string of the molecule is Cc1ccc(N2NC(C3CCN(C/C(C=[NH2+])=C/N)CC3)C=C2N)cc1. The second kappa shape index (κ2) is 7.72. The molecule has 0 spiro atoms. The molecule has 134 valence electrons. The van der Waals surface area contributed by atoms with Crippen molar-refractivity contribution < 1.29 is 5.41 Å². The number of piperidine rings is 1. The van der Waals surface area contributed by atoms with Crippen LogP contribution in [0.5, 0.6) is 0 Å². The lowest BCUT2D eigenvalue weighted by Crippen LogP contribution is -2.46. The van der Waals surface area contributed by atoms with Gasteiger partial charge in [0.1, 0.15) is 5.82 Å². The van der Waals surface area contributed by atoms with E-state index < -0.39 is 0 Å². The Labute approximate surface area is 149 Å². The van der Waals surface area contributed by atoms with Gasteiger partial charge in [0, 0.05) is 18.3 Å². The van der Waals surface area contributed by atoms with E-state index in [-0.39, 0.29) is 6.04 Å². The molecule has 1 atom stereocenters. The minimum atomic E-state index is 0.286. The van der Waals surface area contributed by atoms with Gasteiger partial charge in [-0.3, -0.25) is 15.3 Å². The van der Waals surface area contributed by atoms with E-state index in [4.69, 9.17) is 16.9 Å². The Morgan fingerprint density at radius 1 is 1.28 bits per heavy atom. The van der Waals surface area contributed by atoms with Crippen LogP contribution in [0.4, 0.5) is 5.69 Å².